The summed E-state index contributed by atoms with van der Waals surface area (Å²) in [6, 6.07) is 0. The van der Waals surface area contributed by atoms with Gasteiger partial charge in [-0.15, -0.1) is 0 Å². The van der Waals surface area contributed by atoms with E-state index in [9.17, 15) is 4.79 Å². The largest absolute Gasteiger partial charge is 0.376 e. The van der Waals surface area contributed by atoms with Gasteiger partial charge in [-0.25, -0.2) is 0 Å². The van der Waals surface area contributed by atoms with E-state index >= 15 is 0 Å². The summed E-state index contributed by atoms with van der Waals surface area (Å²) in [5.74, 6) is 0.136. The fourth-order valence-electron chi connectivity index (χ4n) is 4.16. The van der Waals surface area contributed by atoms with E-state index in [-0.39, 0.29) is 24.2 Å². The molecule has 0 aromatic carbocycles. The van der Waals surface area contributed by atoms with Gasteiger partial charge in [-0.2, -0.15) is 0 Å². The Kier molecular flexibility index (Phi) is 6.13. The smallest absolute Gasteiger partial charge is 0.248 e. The summed E-state index contributed by atoms with van der Waals surface area (Å²) in [6.45, 7) is 6.42. The average Bonchev–Trinajstić information content (AvgIpc) is 2.61. The minimum Gasteiger partial charge on any atom is -0.376 e. The first-order valence-electron chi connectivity index (χ1n) is 9.46. The fraction of sp³-hybridized carbons (Fsp3) is 0.944. The number of carbonyl (C=O) groups excluding carboxylic acids is 1. The number of likely N-dealkylation sites (N-methyl/N-ethyl adjacent to an activating group) is 1. The maximum absolute atomic E-state index is 12.6. The second kappa shape index (κ2) is 8.13. The number of amides is 1. The van der Waals surface area contributed by atoms with Crippen LogP contribution < -0.4 is 0 Å². The lowest BCUT2D eigenvalue weighted by molar-refractivity contribution is -0.144. The van der Waals surface area contributed by atoms with Gasteiger partial charge in [0.05, 0.1) is 12.7 Å². The average molecular weight is 339 g/mol. The highest BCUT2D eigenvalue weighted by Crippen LogP contribution is 2.31. The SMILES string of the molecule is CN1CCC2(CC1)CN(C(=O)COCC1CCCCO1)CCN2C. The molecule has 0 radical (unpaired) electrons. The van der Waals surface area contributed by atoms with Crippen LogP contribution in [0.15, 0.2) is 0 Å². The lowest BCUT2D eigenvalue weighted by Crippen LogP contribution is -2.65. The fourth-order valence-corrected chi connectivity index (χ4v) is 4.16. The van der Waals surface area contributed by atoms with Gasteiger partial charge in [0.15, 0.2) is 0 Å². The molecule has 6 heteroatoms. The molecule has 0 saturated carbocycles. The lowest BCUT2D eigenvalue weighted by Gasteiger charge is -2.52. The molecule has 1 unspecified atom stereocenters. The van der Waals surface area contributed by atoms with Crippen LogP contribution in [-0.2, 0) is 14.3 Å². The standard InChI is InChI=1S/C18H33N3O3/c1-19-8-6-18(7-9-19)15-21(11-10-20(18)2)17(22)14-23-13-16-5-3-4-12-24-16/h16H,3-15H2,1-2H3. The van der Waals surface area contributed by atoms with E-state index in [1.807, 2.05) is 4.90 Å². The predicted molar refractivity (Wildman–Crippen MR) is 93.1 cm³/mol. The lowest BCUT2D eigenvalue weighted by atomic mass is 9.84. The van der Waals surface area contributed by atoms with Crippen molar-refractivity contribution in [2.45, 2.75) is 43.7 Å². The summed E-state index contributed by atoms with van der Waals surface area (Å²) in [4.78, 5) is 19.4. The van der Waals surface area contributed by atoms with E-state index < -0.39 is 0 Å². The highest BCUT2D eigenvalue weighted by molar-refractivity contribution is 5.77. The van der Waals surface area contributed by atoms with Crippen LogP contribution in [0.4, 0.5) is 0 Å². The van der Waals surface area contributed by atoms with Crippen molar-refractivity contribution in [2.24, 2.45) is 0 Å². The van der Waals surface area contributed by atoms with Crippen molar-refractivity contribution in [3.63, 3.8) is 0 Å². The molecule has 0 bridgehead atoms. The van der Waals surface area contributed by atoms with Crippen LogP contribution >= 0.6 is 0 Å². The molecule has 3 aliphatic heterocycles. The normalized spacial score (nSPS) is 29.1. The van der Waals surface area contributed by atoms with E-state index in [2.05, 4.69) is 23.9 Å². The number of rotatable bonds is 4. The number of ether oxygens (including phenoxy) is 2. The summed E-state index contributed by atoms with van der Waals surface area (Å²) < 4.78 is 11.3. The van der Waals surface area contributed by atoms with Crippen LogP contribution in [0.1, 0.15) is 32.1 Å². The van der Waals surface area contributed by atoms with Gasteiger partial charge in [-0.3, -0.25) is 9.69 Å². The Balaban J connectivity index is 1.46. The van der Waals surface area contributed by atoms with Crippen LogP contribution in [-0.4, -0.2) is 98.9 Å². The third-order valence-corrected chi connectivity index (χ3v) is 6.07. The monoisotopic (exact) mass is 339 g/mol. The molecule has 3 rings (SSSR count). The van der Waals surface area contributed by atoms with Gasteiger partial charge >= 0.3 is 0 Å². The zero-order valence-corrected chi connectivity index (χ0v) is 15.3. The molecule has 24 heavy (non-hydrogen) atoms. The third kappa shape index (κ3) is 4.28. The van der Waals surface area contributed by atoms with Crippen LogP contribution in [0.25, 0.3) is 0 Å². The third-order valence-electron chi connectivity index (χ3n) is 6.07. The van der Waals surface area contributed by atoms with Gasteiger partial charge in [0.25, 0.3) is 0 Å². The quantitative estimate of drug-likeness (QED) is 0.758. The summed E-state index contributed by atoms with van der Waals surface area (Å²) in [7, 11) is 4.39. The van der Waals surface area contributed by atoms with E-state index in [4.69, 9.17) is 9.47 Å². The van der Waals surface area contributed by atoms with Crippen molar-refractivity contribution < 1.29 is 14.3 Å². The molecule has 3 heterocycles. The molecule has 0 aromatic rings. The van der Waals surface area contributed by atoms with Crippen molar-refractivity contribution in [2.75, 3.05) is 66.6 Å². The summed E-state index contributed by atoms with van der Waals surface area (Å²) in [5.41, 5.74) is 0.160. The zero-order chi connectivity index (χ0) is 17.0. The summed E-state index contributed by atoms with van der Waals surface area (Å²) >= 11 is 0. The minimum atomic E-state index is 0.136. The first kappa shape index (κ1) is 18.1. The molecule has 3 saturated heterocycles. The van der Waals surface area contributed by atoms with E-state index in [0.717, 1.165) is 65.0 Å². The van der Waals surface area contributed by atoms with Crippen LogP contribution in [0.3, 0.4) is 0 Å². The van der Waals surface area contributed by atoms with Gasteiger partial charge in [0, 0.05) is 31.8 Å². The van der Waals surface area contributed by atoms with Crippen LogP contribution in [0, 0.1) is 0 Å². The topological polar surface area (TPSA) is 45.3 Å². The Morgan fingerprint density at radius 2 is 1.96 bits per heavy atom. The Labute approximate surface area is 146 Å². The van der Waals surface area contributed by atoms with Gasteiger partial charge in [-0.05, 0) is 59.3 Å². The summed E-state index contributed by atoms with van der Waals surface area (Å²) in [5, 5.41) is 0. The second-order valence-corrected chi connectivity index (χ2v) is 7.77. The van der Waals surface area contributed by atoms with Gasteiger partial charge < -0.3 is 19.3 Å². The molecule has 6 nitrogen and oxygen atoms in total. The van der Waals surface area contributed by atoms with Crippen LogP contribution in [0.2, 0.25) is 0 Å². The number of nitrogens with zero attached hydrogens (tertiary/aromatic N) is 3. The van der Waals surface area contributed by atoms with E-state index in [0.29, 0.717) is 6.61 Å². The predicted octanol–water partition coefficient (Wildman–Crippen LogP) is 0.811. The molecule has 0 N–H and O–H groups in total. The highest BCUT2D eigenvalue weighted by atomic mass is 16.5. The van der Waals surface area contributed by atoms with Crippen molar-refractivity contribution in [3.05, 3.63) is 0 Å². The Bertz CT molecular complexity index is 418. The van der Waals surface area contributed by atoms with Crippen molar-refractivity contribution >= 4 is 5.91 Å². The molecule has 3 aliphatic rings. The van der Waals surface area contributed by atoms with E-state index in [1.165, 1.54) is 6.42 Å². The van der Waals surface area contributed by atoms with Crippen molar-refractivity contribution in [3.8, 4) is 0 Å². The molecular formula is C18H33N3O3. The second-order valence-electron chi connectivity index (χ2n) is 7.77. The Morgan fingerprint density at radius 3 is 2.67 bits per heavy atom. The maximum Gasteiger partial charge on any atom is 0.248 e. The summed E-state index contributed by atoms with van der Waals surface area (Å²) in [6.07, 6.45) is 5.87. The highest BCUT2D eigenvalue weighted by Gasteiger charge is 2.42. The number of carbonyl (C=O) groups is 1. The first-order chi connectivity index (χ1) is 11.6. The molecule has 138 valence electrons. The Hall–Kier alpha value is -0.690. The van der Waals surface area contributed by atoms with Crippen LogP contribution in [0.5, 0.6) is 0 Å². The number of likely N-dealkylation sites (tertiary alicyclic amines) is 1. The van der Waals surface area contributed by atoms with Gasteiger partial charge in [0.2, 0.25) is 5.91 Å². The molecule has 0 aromatic heterocycles. The van der Waals surface area contributed by atoms with Gasteiger partial charge in [0.1, 0.15) is 6.61 Å². The number of hydrogen-bond acceptors (Lipinski definition) is 5. The number of piperazine rings is 1. The number of hydrogen-bond donors (Lipinski definition) is 0. The molecule has 1 atom stereocenters. The van der Waals surface area contributed by atoms with Crippen molar-refractivity contribution in [1.29, 1.82) is 0 Å². The minimum absolute atomic E-state index is 0.136. The molecule has 0 aliphatic carbocycles. The Morgan fingerprint density at radius 1 is 1.17 bits per heavy atom. The van der Waals surface area contributed by atoms with E-state index in [1.54, 1.807) is 0 Å². The number of piperidine rings is 1. The molecule has 1 amide bonds. The zero-order valence-electron chi connectivity index (χ0n) is 15.3. The first-order valence-corrected chi connectivity index (χ1v) is 9.46. The van der Waals surface area contributed by atoms with Gasteiger partial charge in [-0.1, -0.05) is 0 Å². The molecular weight excluding hydrogens is 306 g/mol. The molecule has 1 spiro atoms. The van der Waals surface area contributed by atoms with Crippen molar-refractivity contribution in [1.82, 2.24) is 14.7 Å². The molecule has 3 fully saturated rings. The maximum atomic E-state index is 12.6.